The van der Waals surface area contributed by atoms with Gasteiger partial charge in [-0.15, -0.1) is 0 Å². The second kappa shape index (κ2) is 4.31. The van der Waals surface area contributed by atoms with Gasteiger partial charge in [0.15, 0.2) is 0 Å². The number of pyridine rings is 1. The number of aryl methyl sites for hydroxylation is 2. The summed E-state index contributed by atoms with van der Waals surface area (Å²) in [6.07, 6.45) is 2.44. The fraction of sp³-hybridized carbons (Fsp3) is 0.231. The van der Waals surface area contributed by atoms with Crippen molar-refractivity contribution in [3.8, 4) is 0 Å². The van der Waals surface area contributed by atoms with Gasteiger partial charge in [-0.1, -0.05) is 18.2 Å². The first-order valence-electron chi connectivity index (χ1n) is 5.23. The molecule has 3 heteroatoms. The Kier molecular flexibility index (Phi) is 2.86. The molecule has 0 spiro atoms. The number of aliphatic carboxylic acids is 1. The molecule has 0 bridgehead atoms. The molecule has 0 radical (unpaired) electrons. The average molecular weight is 215 g/mol. The lowest BCUT2D eigenvalue weighted by Crippen LogP contribution is -1.98. The summed E-state index contributed by atoms with van der Waals surface area (Å²) in [7, 11) is 0. The average Bonchev–Trinajstić information content (AvgIpc) is 2.27. The SMILES string of the molecule is Cc1ccnc2c(CCC(=O)O)cccc12. The van der Waals surface area contributed by atoms with E-state index in [9.17, 15) is 4.79 Å². The zero-order valence-electron chi connectivity index (χ0n) is 9.10. The highest BCUT2D eigenvalue weighted by Gasteiger charge is 2.05. The fourth-order valence-corrected chi connectivity index (χ4v) is 1.82. The van der Waals surface area contributed by atoms with Gasteiger partial charge in [-0.25, -0.2) is 0 Å². The number of carbonyl (C=O) groups is 1. The Balaban J connectivity index is 2.45. The Labute approximate surface area is 93.7 Å². The zero-order valence-corrected chi connectivity index (χ0v) is 9.10. The molecule has 2 rings (SSSR count). The summed E-state index contributed by atoms with van der Waals surface area (Å²) in [5.74, 6) is -0.773. The highest BCUT2D eigenvalue weighted by atomic mass is 16.4. The Morgan fingerprint density at radius 1 is 1.38 bits per heavy atom. The van der Waals surface area contributed by atoms with Crippen LogP contribution in [0, 0.1) is 6.92 Å². The summed E-state index contributed by atoms with van der Waals surface area (Å²) >= 11 is 0. The van der Waals surface area contributed by atoms with Crippen LogP contribution in [0.4, 0.5) is 0 Å². The third-order valence-electron chi connectivity index (χ3n) is 2.68. The van der Waals surface area contributed by atoms with Gasteiger partial charge >= 0.3 is 5.97 Å². The summed E-state index contributed by atoms with van der Waals surface area (Å²) in [6.45, 7) is 2.03. The molecule has 1 aromatic carbocycles. The maximum absolute atomic E-state index is 10.6. The van der Waals surface area contributed by atoms with E-state index in [4.69, 9.17) is 5.11 Å². The van der Waals surface area contributed by atoms with E-state index in [0.29, 0.717) is 6.42 Å². The van der Waals surface area contributed by atoms with E-state index in [-0.39, 0.29) is 6.42 Å². The third-order valence-corrected chi connectivity index (χ3v) is 2.68. The molecule has 0 aliphatic rings. The predicted molar refractivity (Wildman–Crippen MR) is 62.4 cm³/mol. The number of aromatic nitrogens is 1. The maximum Gasteiger partial charge on any atom is 0.303 e. The van der Waals surface area contributed by atoms with Crippen molar-refractivity contribution in [3.63, 3.8) is 0 Å². The van der Waals surface area contributed by atoms with Gasteiger partial charge in [-0.05, 0) is 30.5 Å². The van der Waals surface area contributed by atoms with Gasteiger partial charge in [-0.2, -0.15) is 0 Å². The van der Waals surface area contributed by atoms with E-state index < -0.39 is 5.97 Å². The van der Waals surface area contributed by atoms with Crippen molar-refractivity contribution in [2.45, 2.75) is 19.8 Å². The lowest BCUT2D eigenvalue weighted by Gasteiger charge is -2.06. The number of benzene rings is 1. The van der Waals surface area contributed by atoms with Crippen molar-refractivity contribution in [1.29, 1.82) is 0 Å². The Hall–Kier alpha value is -1.90. The number of carboxylic acid groups (broad SMARTS) is 1. The van der Waals surface area contributed by atoms with Crippen LogP contribution in [0.1, 0.15) is 17.5 Å². The van der Waals surface area contributed by atoms with Crippen LogP contribution in [0.5, 0.6) is 0 Å². The highest BCUT2D eigenvalue weighted by molar-refractivity contribution is 5.85. The first kappa shape index (κ1) is 10.6. The molecule has 0 saturated carbocycles. The van der Waals surface area contributed by atoms with E-state index in [0.717, 1.165) is 16.5 Å². The molecule has 0 amide bonds. The summed E-state index contributed by atoms with van der Waals surface area (Å²) in [6, 6.07) is 7.87. The Bertz CT molecular complexity index is 534. The number of para-hydroxylation sites is 1. The molecule has 16 heavy (non-hydrogen) atoms. The molecule has 1 heterocycles. The zero-order chi connectivity index (χ0) is 11.5. The van der Waals surface area contributed by atoms with Crippen molar-refractivity contribution in [3.05, 3.63) is 41.6 Å². The summed E-state index contributed by atoms with van der Waals surface area (Å²) in [5, 5.41) is 9.78. The molecule has 2 aromatic rings. The minimum Gasteiger partial charge on any atom is -0.481 e. The molecule has 0 fully saturated rings. The molecule has 82 valence electrons. The minimum atomic E-state index is -0.773. The van der Waals surface area contributed by atoms with E-state index >= 15 is 0 Å². The quantitative estimate of drug-likeness (QED) is 0.856. The van der Waals surface area contributed by atoms with Gasteiger partial charge in [0, 0.05) is 18.0 Å². The van der Waals surface area contributed by atoms with Crippen LogP contribution in [-0.4, -0.2) is 16.1 Å². The van der Waals surface area contributed by atoms with E-state index in [1.165, 1.54) is 5.56 Å². The monoisotopic (exact) mass is 215 g/mol. The number of nitrogens with zero attached hydrogens (tertiary/aromatic N) is 1. The first-order chi connectivity index (χ1) is 7.68. The smallest absolute Gasteiger partial charge is 0.303 e. The standard InChI is InChI=1S/C13H13NO2/c1-9-7-8-14-13-10(5-6-12(15)16)3-2-4-11(9)13/h2-4,7-8H,5-6H2,1H3,(H,15,16). The highest BCUT2D eigenvalue weighted by Crippen LogP contribution is 2.20. The number of hydrogen-bond donors (Lipinski definition) is 1. The fourth-order valence-electron chi connectivity index (χ4n) is 1.82. The molecule has 3 nitrogen and oxygen atoms in total. The lowest BCUT2D eigenvalue weighted by atomic mass is 10.0. The Morgan fingerprint density at radius 2 is 2.19 bits per heavy atom. The van der Waals surface area contributed by atoms with Crippen LogP contribution in [0.3, 0.4) is 0 Å². The molecular formula is C13H13NO2. The van der Waals surface area contributed by atoms with Crippen LogP contribution < -0.4 is 0 Å². The van der Waals surface area contributed by atoms with Gasteiger partial charge in [-0.3, -0.25) is 9.78 Å². The predicted octanol–water partition coefficient (Wildman–Crippen LogP) is 2.56. The van der Waals surface area contributed by atoms with Crippen LogP contribution in [0.2, 0.25) is 0 Å². The summed E-state index contributed by atoms with van der Waals surface area (Å²) in [5.41, 5.74) is 3.09. The van der Waals surface area contributed by atoms with Gasteiger partial charge in [0.25, 0.3) is 0 Å². The molecule has 0 saturated heterocycles. The maximum atomic E-state index is 10.6. The number of carboxylic acids is 1. The number of hydrogen-bond acceptors (Lipinski definition) is 2. The van der Waals surface area contributed by atoms with Crippen molar-refractivity contribution in [2.75, 3.05) is 0 Å². The largest absolute Gasteiger partial charge is 0.481 e. The van der Waals surface area contributed by atoms with Crippen LogP contribution in [0.15, 0.2) is 30.5 Å². The second-order valence-electron chi connectivity index (χ2n) is 3.83. The molecule has 0 atom stereocenters. The summed E-state index contributed by atoms with van der Waals surface area (Å²) < 4.78 is 0. The van der Waals surface area contributed by atoms with Crippen molar-refractivity contribution >= 4 is 16.9 Å². The van der Waals surface area contributed by atoms with Crippen molar-refractivity contribution in [1.82, 2.24) is 4.98 Å². The third kappa shape index (κ3) is 2.03. The van der Waals surface area contributed by atoms with E-state index in [1.807, 2.05) is 31.2 Å². The molecule has 1 N–H and O–H groups in total. The Morgan fingerprint density at radius 3 is 2.94 bits per heavy atom. The van der Waals surface area contributed by atoms with Crippen LogP contribution >= 0.6 is 0 Å². The van der Waals surface area contributed by atoms with E-state index in [1.54, 1.807) is 6.20 Å². The second-order valence-corrected chi connectivity index (χ2v) is 3.83. The topological polar surface area (TPSA) is 50.2 Å². The summed E-state index contributed by atoms with van der Waals surface area (Å²) in [4.78, 5) is 14.9. The van der Waals surface area contributed by atoms with Gasteiger partial charge in [0.1, 0.15) is 0 Å². The van der Waals surface area contributed by atoms with E-state index in [2.05, 4.69) is 4.98 Å². The van der Waals surface area contributed by atoms with Crippen LogP contribution in [-0.2, 0) is 11.2 Å². The number of fused-ring (bicyclic) bond motifs is 1. The first-order valence-corrected chi connectivity index (χ1v) is 5.23. The van der Waals surface area contributed by atoms with Crippen molar-refractivity contribution in [2.24, 2.45) is 0 Å². The molecular weight excluding hydrogens is 202 g/mol. The van der Waals surface area contributed by atoms with Gasteiger partial charge in [0.05, 0.1) is 5.52 Å². The van der Waals surface area contributed by atoms with Gasteiger partial charge < -0.3 is 5.11 Å². The van der Waals surface area contributed by atoms with Crippen molar-refractivity contribution < 1.29 is 9.90 Å². The minimum absolute atomic E-state index is 0.148. The molecule has 0 aliphatic carbocycles. The number of rotatable bonds is 3. The van der Waals surface area contributed by atoms with Gasteiger partial charge in [0.2, 0.25) is 0 Å². The normalized spacial score (nSPS) is 10.6. The van der Waals surface area contributed by atoms with Crippen LogP contribution in [0.25, 0.3) is 10.9 Å². The molecule has 0 aliphatic heterocycles. The molecule has 0 unspecified atom stereocenters. The lowest BCUT2D eigenvalue weighted by molar-refractivity contribution is -0.136. The molecule has 1 aromatic heterocycles.